The monoisotopic (exact) mass is 575 g/mol. The summed E-state index contributed by atoms with van der Waals surface area (Å²) in [5.41, 5.74) is 9.64. The third-order valence-electron chi connectivity index (χ3n) is 6.34. The molecule has 1 unspecified atom stereocenters. The zero-order valence-corrected chi connectivity index (χ0v) is 23.4. The molecule has 0 fully saturated rings. The fraction of sp³-hybridized carbons (Fsp3) is 0.533. The molecule has 0 amide bonds. The van der Waals surface area contributed by atoms with Gasteiger partial charge in [0.2, 0.25) is 0 Å². The van der Waals surface area contributed by atoms with Crippen molar-refractivity contribution in [1.82, 2.24) is 0 Å². The van der Waals surface area contributed by atoms with Crippen LogP contribution in [0.25, 0.3) is 11.1 Å². The van der Waals surface area contributed by atoms with Gasteiger partial charge in [-0.25, -0.2) is 0 Å². The van der Waals surface area contributed by atoms with Crippen LogP contribution in [0.1, 0.15) is 17.0 Å². The largest absolute Gasteiger partial charge is 0.481 e. The van der Waals surface area contributed by atoms with Crippen molar-refractivity contribution >= 4 is 11.9 Å². The Morgan fingerprint density at radius 3 is 1.51 bits per heavy atom. The Balaban J connectivity index is 1.21. The molecule has 0 saturated carbocycles. The average molecular weight is 576 g/mol. The third-order valence-corrected chi connectivity index (χ3v) is 6.34. The molecule has 1 aliphatic rings. The van der Waals surface area contributed by atoms with E-state index < -0.39 is 17.9 Å². The van der Waals surface area contributed by atoms with Crippen molar-refractivity contribution in [3.8, 4) is 11.1 Å². The van der Waals surface area contributed by atoms with Crippen LogP contribution in [0.2, 0.25) is 0 Å². The van der Waals surface area contributed by atoms with Gasteiger partial charge in [0.25, 0.3) is 0 Å². The third kappa shape index (κ3) is 11.1. The minimum absolute atomic E-state index is 0.0591. The number of benzene rings is 2. The molecule has 1 aliphatic carbocycles. The van der Waals surface area contributed by atoms with E-state index in [1.165, 1.54) is 0 Å². The van der Waals surface area contributed by atoms with Crippen LogP contribution in [0.4, 0.5) is 0 Å². The van der Waals surface area contributed by atoms with Gasteiger partial charge in [0.15, 0.2) is 5.92 Å². The van der Waals surface area contributed by atoms with E-state index in [0.717, 1.165) is 22.3 Å². The van der Waals surface area contributed by atoms with Gasteiger partial charge in [0.1, 0.15) is 6.61 Å². The second-order valence-corrected chi connectivity index (χ2v) is 9.17. The van der Waals surface area contributed by atoms with E-state index in [2.05, 4.69) is 0 Å². The van der Waals surface area contributed by atoms with E-state index in [1.807, 2.05) is 48.5 Å². The summed E-state index contributed by atoms with van der Waals surface area (Å²) in [6.45, 7) is 4.77. The van der Waals surface area contributed by atoms with Gasteiger partial charge in [-0.15, -0.1) is 0 Å². The summed E-state index contributed by atoms with van der Waals surface area (Å²) in [6.07, 6.45) is 0. The van der Waals surface area contributed by atoms with Gasteiger partial charge in [0.05, 0.1) is 79.3 Å². The zero-order valence-electron chi connectivity index (χ0n) is 23.4. The average Bonchev–Trinajstić information content (AvgIpc) is 3.30. The highest BCUT2D eigenvalue weighted by atomic mass is 16.6. The summed E-state index contributed by atoms with van der Waals surface area (Å²) in [5.74, 6) is -3.67. The summed E-state index contributed by atoms with van der Waals surface area (Å²) >= 11 is 0. The van der Waals surface area contributed by atoms with Crippen molar-refractivity contribution < 1.29 is 47.9 Å². The second-order valence-electron chi connectivity index (χ2n) is 9.17. The normalized spacial score (nSPS) is 13.1. The second kappa shape index (κ2) is 19.3. The summed E-state index contributed by atoms with van der Waals surface area (Å²) in [7, 11) is 0. The number of aliphatic carboxylic acids is 1. The number of hydrogen-bond donors (Lipinski definition) is 2. The minimum atomic E-state index is -1.42. The SMILES string of the molecule is NCCOCCOCCOCCOCCOCCOCC(C(=O)O)C(=O)OCC1c2ccccc2-c2ccccc21. The number of esters is 1. The highest BCUT2D eigenvalue weighted by Crippen LogP contribution is 2.44. The molecule has 0 aliphatic heterocycles. The molecule has 226 valence electrons. The Hall–Kier alpha value is -2.90. The quantitative estimate of drug-likeness (QED) is 0.114. The maximum absolute atomic E-state index is 12.6. The highest BCUT2D eigenvalue weighted by molar-refractivity contribution is 5.94. The molecule has 3 N–H and O–H groups in total. The van der Waals surface area contributed by atoms with Gasteiger partial charge in [0, 0.05) is 12.5 Å². The summed E-state index contributed by atoms with van der Waals surface area (Å²) < 4.78 is 37.7. The number of fused-ring (bicyclic) bond motifs is 3. The van der Waals surface area contributed by atoms with E-state index in [-0.39, 0.29) is 32.3 Å². The predicted octanol–water partition coefficient (Wildman–Crippen LogP) is 2.10. The van der Waals surface area contributed by atoms with Crippen LogP contribution in [0.5, 0.6) is 0 Å². The molecule has 11 heteroatoms. The van der Waals surface area contributed by atoms with Crippen molar-refractivity contribution in [3.05, 3.63) is 59.7 Å². The van der Waals surface area contributed by atoms with Crippen LogP contribution in [0, 0.1) is 5.92 Å². The number of carbonyl (C=O) groups excluding carboxylic acids is 1. The first kappa shape index (κ1) is 32.6. The maximum atomic E-state index is 12.6. The van der Waals surface area contributed by atoms with Gasteiger partial charge in [-0.2, -0.15) is 0 Å². The Morgan fingerprint density at radius 1 is 0.659 bits per heavy atom. The van der Waals surface area contributed by atoms with Crippen molar-refractivity contribution in [1.29, 1.82) is 0 Å². The first-order valence-corrected chi connectivity index (χ1v) is 13.9. The summed E-state index contributed by atoms with van der Waals surface area (Å²) in [4.78, 5) is 24.3. The van der Waals surface area contributed by atoms with Crippen LogP contribution in [0.15, 0.2) is 48.5 Å². The van der Waals surface area contributed by atoms with Crippen molar-refractivity contribution in [2.75, 3.05) is 92.4 Å². The maximum Gasteiger partial charge on any atom is 0.322 e. The predicted molar refractivity (Wildman–Crippen MR) is 150 cm³/mol. The van der Waals surface area contributed by atoms with Crippen LogP contribution in [0.3, 0.4) is 0 Å². The molecule has 3 rings (SSSR count). The van der Waals surface area contributed by atoms with Crippen LogP contribution in [-0.4, -0.2) is 109 Å². The topological polar surface area (TPSA) is 145 Å². The molecule has 0 radical (unpaired) electrons. The lowest BCUT2D eigenvalue weighted by Crippen LogP contribution is -2.31. The van der Waals surface area contributed by atoms with E-state index in [4.69, 9.17) is 38.9 Å². The Bertz CT molecular complexity index is 1000. The van der Waals surface area contributed by atoms with Crippen LogP contribution < -0.4 is 5.73 Å². The van der Waals surface area contributed by atoms with Gasteiger partial charge in [-0.05, 0) is 22.3 Å². The lowest BCUT2D eigenvalue weighted by Gasteiger charge is -2.17. The van der Waals surface area contributed by atoms with E-state index in [0.29, 0.717) is 66.0 Å². The molecule has 2 aromatic rings. The van der Waals surface area contributed by atoms with Crippen molar-refractivity contribution in [2.24, 2.45) is 11.7 Å². The van der Waals surface area contributed by atoms with E-state index in [1.54, 1.807) is 0 Å². The number of carbonyl (C=O) groups is 2. The molecule has 41 heavy (non-hydrogen) atoms. The lowest BCUT2D eigenvalue weighted by molar-refractivity contribution is -0.162. The van der Waals surface area contributed by atoms with E-state index in [9.17, 15) is 14.7 Å². The number of carboxylic acid groups (broad SMARTS) is 1. The number of rotatable bonds is 23. The molecule has 0 bridgehead atoms. The summed E-state index contributed by atoms with van der Waals surface area (Å²) in [5, 5.41) is 9.54. The molecule has 0 spiro atoms. The minimum Gasteiger partial charge on any atom is -0.481 e. The van der Waals surface area contributed by atoms with Gasteiger partial charge in [-0.1, -0.05) is 48.5 Å². The number of hydrogen-bond acceptors (Lipinski definition) is 10. The number of nitrogens with two attached hydrogens (primary N) is 1. The first-order chi connectivity index (χ1) is 20.1. The number of ether oxygens (including phenoxy) is 7. The van der Waals surface area contributed by atoms with Gasteiger partial charge >= 0.3 is 11.9 Å². The Labute approximate surface area is 240 Å². The van der Waals surface area contributed by atoms with Gasteiger partial charge in [-0.3, -0.25) is 9.59 Å². The number of carboxylic acids is 1. The smallest absolute Gasteiger partial charge is 0.322 e. The molecular formula is C30H41NO10. The molecule has 2 aromatic carbocycles. The van der Waals surface area contributed by atoms with E-state index >= 15 is 0 Å². The van der Waals surface area contributed by atoms with Crippen LogP contribution in [-0.2, 0) is 42.7 Å². The molecule has 0 heterocycles. The van der Waals surface area contributed by atoms with Gasteiger partial charge < -0.3 is 44.0 Å². The molecule has 11 nitrogen and oxygen atoms in total. The van der Waals surface area contributed by atoms with Crippen LogP contribution >= 0.6 is 0 Å². The molecule has 0 aromatic heterocycles. The summed E-state index contributed by atoms with van der Waals surface area (Å²) in [6, 6.07) is 15.9. The first-order valence-electron chi connectivity index (χ1n) is 13.9. The molecule has 1 atom stereocenters. The van der Waals surface area contributed by atoms with Crippen molar-refractivity contribution in [3.63, 3.8) is 0 Å². The Kier molecular flexibility index (Phi) is 15.3. The standard InChI is InChI=1S/C30H41NO10/c31-9-10-35-11-12-36-13-14-37-15-16-38-17-18-39-19-20-40-21-28(29(32)33)30(34)41-22-27-25-7-3-1-5-23(25)24-6-2-4-8-26(24)27/h1-8,27-28H,9-22,31H2,(H,32,33). The Morgan fingerprint density at radius 2 is 1.07 bits per heavy atom. The fourth-order valence-corrected chi connectivity index (χ4v) is 4.33. The lowest BCUT2D eigenvalue weighted by atomic mass is 9.98. The molecule has 0 saturated heterocycles. The van der Waals surface area contributed by atoms with Crippen molar-refractivity contribution in [2.45, 2.75) is 5.92 Å². The molecular weight excluding hydrogens is 534 g/mol. The zero-order chi connectivity index (χ0) is 29.1. The highest BCUT2D eigenvalue weighted by Gasteiger charge is 2.32. The fourth-order valence-electron chi connectivity index (χ4n) is 4.33.